The summed E-state index contributed by atoms with van der Waals surface area (Å²) in [6.45, 7) is 2.03. The highest BCUT2D eigenvalue weighted by Gasteiger charge is 2.22. The zero-order valence-electron chi connectivity index (χ0n) is 11.3. The van der Waals surface area contributed by atoms with E-state index < -0.39 is 0 Å². The van der Waals surface area contributed by atoms with E-state index in [2.05, 4.69) is 6.07 Å². The van der Waals surface area contributed by atoms with E-state index in [0.717, 1.165) is 12.2 Å². The Bertz CT molecular complexity index is 609. The van der Waals surface area contributed by atoms with E-state index in [1.165, 1.54) is 5.56 Å². The molecule has 0 amide bonds. The second-order valence-electron chi connectivity index (χ2n) is 4.95. The fourth-order valence-electron chi connectivity index (χ4n) is 2.34. The highest BCUT2D eigenvalue weighted by Crippen LogP contribution is 2.28. The van der Waals surface area contributed by atoms with E-state index >= 15 is 0 Å². The van der Waals surface area contributed by atoms with Crippen LogP contribution in [0.2, 0.25) is 0 Å². The molecule has 0 saturated heterocycles. The van der Waals surface area contributed by atoms with Crippen molar-refractivity contribution >= 4 is 5.78 Å². The first-order valence-electron chi connectivity index (χ1n) is 6.71. The fraction of sp³-hybridized carbons (Fsp3) is 0.235. The van der Waals surface area contributed by atoms with Gasteiger partial charge in [-0.25, -0.2) is 0 Å². The van der Waals surface area contributed by atoms with Gasteiger partial charge in [-0.1, -0.05) is 30.3 Å². The smallest absolute Gasteiger partial charge is 0.159 e. The van der Waals surface area contributed by atoms with Crippen LogP contribution in [0.4, 0.5) is 0 Å². The van der Waals surface area contributed by atoms with Gasteiger partial charge in [-0.15, -0.1) is 0 Å². The third-order valence-electron chi connectivity index (χ3n) is 3.39. The lowest BCUT2D eigenvalue weighted by Gasteiger charge is -2.12. The van der Waals surface area contributed by atoms with Crippen LogP contribution in [0.1, 0.15) is 22.8 Å². The summed E-state index contributed by atoms with van der Waals surface area (Å²) >= 11 is 0. The SMILES string of the molecule is CC(=O)c1cccc(OCC2Cc3ccccc3O2)c1. The van der Waals surface area contributed by atoms with Crippen molar-refractivity contribution in [1.29, 1.82) is 0 Å². The standard InChI is InChI=1S/C17H16O3/c1-12(18)13-6-4-7-15(9-13)19-11-16-10-14-5-2-3-8-17(14)20-16/h2-9,16H,10-11H2,1H3. The lowest BCUT2D eigenvalue weighted by Crippen LogP contribution is -2.22. The number of ether oxygens (including phenoxy) is 2. The highest BCUT2D eigenvalue weighted by molar-refractivity contribution is 5.94. The monoisotopic (exact) mass is 268 g/mol. The van der Waals surface area contributed by atoms with Crippen LogP contribution in [-0.2, 0) is 6.42 Å². The number of ketones is 1. The molecular weight excluding hydrogens is 252 g/mol. The average Bonchev–Trinajstić information content (AvgIpc) is 2.88. The molecule has 0 fully saturated rings. The first-order chi connectivity index (χ1) is 9.72. The van der Waals surface area contributed by atoms with E-state index in [4.69, 9.17) is 9.47 Å². The largest absolute Gasteiger partial charge is 0.490 e. The van der Waals surface area contributed by atoms with Gasteiger partial charge >= 0.3 is 0 Å². The van der Waals surface area contributed by atoms with Crippen molar-refractivity contribution in [3.8, 4) is 11.5 Å². The van der Waals surface area contributed by atoms with E-state index in [0.29, 0.717) is 17.9 Å². The molecule has 3 nitrogen and oxygen atoms in total. The summed E-state index contributed by atoms with van der Waals surface area (Å²) in [6, 6.07) is 15.3. The molecule has 1 aliphatic rings. The minimum Gasteiger partial charge on any atom is -0.490 e. The fourth-order valence-corrected chi connectivity index (χ4v) is 2.34. The molecule has 0 aliphatic carbocycles. The molecule has 102 valence electrons. The quantitative estimate of drug-likeness (QED) is 0.798. The topological polar surface area (TPSA) is 35.5 Å². The lowest BCUT2D eigenvalue weighted by atomic mass is 10.1. The van der Waals surface area contributed by atoms with E-state index in [1.54, 1.807) is 19.1 Å². The third-order valence-corrected chi connectivity index (χ3v) is 3.39. The maximum atomic E-state index is 11.3. The summed E-state index contributed by atoms with van der Waals surface area (Å²) in [5.41, 5.74) is 1.89. The molecule has 1 unspecified atom stereocenters. The Kier molecular flexibility index (Phi) is 3.42. The minimum atomic E-state index is 0.0355. The van der Waals surface area contributed by atoms with Gasteiger partial charge in [0, 0.05) is 12.0 Å². The van der Waals surface area contributed by atoms with Crippen molar-refractivity contribution in [3.05, 3.63) is 59.7 Å². The summed E-state index contributed by atoms with van der Waals surface area (Å²) in [5.74, 6) is 1.69. The maximum Gasteiger partial charge on any atom is 0.159 e. The highest BCUT2D eigenvalue weighted by atomic mass is 16.5. The molecule has 2 aromatic rings. The Labute approximate surface area is 118 Å². The number of hydrogen-bond acceptors (Lipinski definition) is 3. The molecule has 1 heterocycles. The van der Waals surface area contributed by atoms with Gasteiger partial charge in [0.25, 0.3) is 0 Å². The van der Waals surface area contributed by atoms with E-state index in [9.17, 15) is 4.79 Å². The molecule has 1 atom stereocenters. The third kappa shape index (κ3) is 2.67. The molecule has 3 rings (SSSR count). The van der Waals surface area contributed by atoms with Crippen molar-refractivity contribution in [3.63, 3.8) is 0 Å². The first kappa shape index (κ1) is 12.7. The van der Waals surface area contributed by atoms with Crippen LogP contribution in [-0.4, -0.2) is 18.5 Å². The van der Waals surface area contributed by atoms with Crippen molar-refractivity contribution in [2.24, 2.45) is 0 Å². The van der Waals surface area contributed by atoms with Gasteiger partial charge < -0.3 is 9.47 Å². The zero-order chi connectivity index (χ0) is 13.9. The maximum absolute atomic E-state index is 11.3. The van der Waals surface area contributed by atoms with Crippen LogP contribution < -0.4 is 9.47 Å². The summed E-state index contributed by atoms with van der Waals surface area (Å²) in [4.78, 5) is 11.3. The number of carbonyl (C=O) groups excluding carboxylic acids is 1. The first-order valence-corrected chi connectivity index (χ1v) is 6.71. The van der Waals surface area contributed by atoms with Crippen LogP contribution in [0.5, 0.6) is 11.5 Å². The van der Waals surface area contributed by atoms with E-state index in [-0.39, 0.29) is 11.9 Å². The minimum absolute atomic E-state index is 0.0355. The van der Waals surface area contributed by atoms with Crippen LogP contribution >= 0.6 is 0 Å². The Morgan fingerprint density at radius 3 is 2.90 bits per heavy atom. The molecule has 0 aromatic heterocycles. The molecule has 0 N–H and O–H groups in total. The summed E-state index contributed by atoms with van der Waals surface area (Å²) in [7, 11) is 0. The lowest BCUT2D eigenvalue weighted by molar-refractivity contribution is 0.101. The zero-order valence-corrected chi connectivity index (χ0v) is 11.3. The Hall–Kier alpha value is -2.29. The van der Waals surface area contributed by atoms with Crippen molar-refractivity contribution in [2.45, 2.75) is 19.4 Å². The number of carbonyl (C=O) groups is 1. The van der Waals surface area contributed by atoms with Gasteiger partial charge in [0.15, 0.2) is 5.78 Å². The second-order valence-corrected chi connectivity index (χ2v) is 4.95. The molecule has 20 heavy (non-hydrogen) atoms. The number of fused-ring (bicyclic) bond motifs is 1. The average molecular weight is 268 g/mol. The number of hydrogen-bond donors (Lipinski definition) is 0. The normalized spacial score (nSPS) is 16.4. The van der Waals surface area contributed by atoms with E-state index in [1.807, 2.05) is 30.3 Å². The Balaban J connectivity index is 1.61. The summed E-state index contributed by atoms with van der Waals surface area (Å²) in [6.07, 6.45) is 0.899. The molecule has 0 saturated carbocycles. The van der Waals surface area contributed by atoms with Crippen LogP contribution in [0.15, 0.2) is 48.5 Å². The number of benzene rings is 2. The van der Waals surface area contributed by atoms with Crippen molar-refractivity contribution < 1.29 is 14.3 Å². The number of para-hydroxylation sites is 1. The van der Waals surface area contributed by atoms with Gasteiger partial charge in [0.1, 0.15) is 24.2 Å². The van der Waals surface area contributed by atoms with Crippen LogP contribution in [0.25, 0.3) is 0 Å². The Morgan fingerprint density at radius 1 is 1.25 bits per heavy atom. The predicted octanol–water partition coefficient (Wildman–Crippen LogP) is 3.27. The second kappa shape index (κ2) is 5.37. The van der Waals surface area contributed by atoms with Gasteiger partial charge in [-0.05, 0) is 30.7 Å². The van der Waals surface area contributed by atoms with Crippen molar-refractivity contribution in [1.82, 2.24) is 0 Å². The molecular formula is C17H16O3. The molecule has 3 heteroatoms. The number of Topliss-reactive ketones (excluding diaryl/α,β-unsaturated/α-hetero) is 1. The molecule has 1 aliphatic heterocycles. The Morgan fingerprint density at radius 2 is 2.10 bits per heavy atom. The van der Waals surface area contributed by atoms with Gasteiger partial charge in [-0.2, -0.15) is 0 Å². The molecule has 2 aromatic carbocycles. The van der Waals surface area contributed by atoms with Crippen molar-refractivity contribution in [2.75, 3.05) is 6.61 Å². The molecule has 0 radical (unpaired) electrons. The summed E-state index contributed by atoms with van der Waals surface area (Å²) in [5, 5.41) is 0. The predicted molar refractivity (Wildman–Crippen MR) is 76.5 cm³/mol. The molecule has 0 bridgehead atoms. The van der Waals surface area contributed by atoms with Crippen LogP contribution in [0, 0.1) is 0 Å². The number of rotatable bonds is 4. The van der Waals surface area contributed by atoms with Crippen LogP contribution in [0.3, 0.4) is 0 Å². The van der Waals surface area contributed by atoms with Gasteiger partial charge in [0.2, 0.25) is 0 Å². The van der Waals surface area contributed by atoms with Gasteiger partial charge in [-0.3, -0.25) is 4.79 Å². The molecule has 0 spiro atoms. The van der Waals surface area contributed by atoms with Gasteiger partial charge in [0.05, 0.1) is 0 Å². The summed E-state index contributed by atoms with van der Waals surface area (Å²) < 4.78 is 11.5.